The van der Waals surface area contributed by atoms with Gasteiger partial charge in [0.25, 0.3) is 0 Å². The molecule has 1 atom stereocenters. The van der Waals surface area contributed by atoms with Gasteiger partial charge in [0.05, 0.1) is 6.33 Å². The number of hydrogen-bond acceptors (Lipinski definition) is 3. The van der Waals surface area contributed by atoms with Crippen molar-refractivity contribution in [3.8, 4) is 0 Å². The quantitative estimate of drug-likeness (QED) is 0.381. The summed E-state index contributed by atoms with van der Waals surface area (Å²) in [5, 5.41) is 3.58. The number of imidazole rings is 1. The van der Waals surface area contributed by atoms with Gasteiger partial charge >= 0.3 is 0 Å². The minimum absolute atomic E-state index is 0.0171. The lowest BCUT2D eigenvalue weighted by Gasteiger charge is -2.34. The smallest absolute Gasteiger partial charge is 0.248 e. The Kier molecular flexibility index (Phi) is 9.78. The summed E-state index contributed by atoms with van der Waals surface area (Å²) in [7, 11) is 0. The molecule has 1 unspecified atom stereocenters. The Morgan fingerprint density at radius 2 is 2.03 bits per heavy atom. The van der Waals surface area contributed by atoms with Gasteiger partial charge < -0.3 is 9.88 Å². The summed E-state index contributed by atoms with van der Waals surface area (Å²) in [6, 6.07) is 4.30. The molecule has 35 heavy (non-hydrogen) atoms. The van der Waals surface area contributed by atoms with Crippen LogP contribution in [0.15, 0.2) is 53.9 Å². The highest BCUT2D eigenvalue weighted by atomic mass is 35.5. The Hall–Kier alpha value is -2.35. The predicted octanol–water partition coefficient (Wildman–Crippen LogP) is 6.27. The van der Waals surface area contributed by atoms with Crippen molar-refractivity contribution in [1.82, 2.24) is 14.9 Å². The molecule has 0 spiro atoms. The summed E-state index contributed by atoms with van der Waals surface area (Å²) >= 11 is 18.7. The number of anilines is 1. The lowest BCUT2D eigenvalue weighted by atomic mass is 9.94. The normalized spacial score (nSPS) is 15.8. The molecule has 1 aromatic carbocycles. The third-order valence-corrected chi connectivity index (χ3v) is 7.24. The van der Waals surface area contributed by atoms with Crippen LogP contribution in [0.5, 0.6) is 0 Å². The average molecular weight is 542 g/mol. The lowest BCUT2D eigenvalue weighted by Crippen LogP contribution is -2.54. The van der Waals surface area contributed by atoms with E-state index in [2.05, 4.69) is 16.9 Å². The first-order valence-corrected chi connectivity index (χ1v) is 12.6. The molecular weight excluding hydrogens is 514 g/mol. The third kappa shape index (κ3) is 6.66. The van der Waals surface area contributed by atoms with Crippen LogP contribution < -0.4 is 10.2 Å². The van der Waals surface area contributed by atoms with Crippen molar-refractivity contribution >= 4 is 52.3 Å². The van der Waals surface area contributed by atoms with Gasteiger partial charge in [0, 0.05) is 16.8 Å². The maximum atomic E-state index is 14.3. The molecule has 0 aliphatic heterocycles. The second kappa shape index (κ2) is 12.6. The zero-order valence-corrected chi connectivity index (χ0v) is 21.7. The lowest BCUT2D eigenvalue weighted by molar-refractivity contribution is -0.126. The van der Waals surface area contributed by atoms with Gasteiger partial charge in [0.1, 0.15) is 23.6 Å². The van der Waals surface area contributed by atoms with Crippen molar-refractivity contribution in [2.45, 2.75) is 64.1 Å². The second-order valence-corrected chi connectivity index (χ2v) is 9.53. The van der Waals surface area contributed by atoms with E-state index < -0.39 is 23.7 Å². The van der Waals surface area contributed by atoms with Gasteiger partial charge in [-0.25, -0.2) is 9.37 Å². The number of nitrogens with one attached hydrogen (secondary N) is 1. The van der Waals surface area contributed by atoms with Crippen LogP contribution in [0, 0.1) is 5.82 Å². The number of hydrogen-bond donors (Lipinski definition) is 1. The van der Waals surface area contributed by atoms with E-state index in [0.717, 1.165) is 32.1 Å². The van der Waals surface area contributed by atoms with Gasteiger partial charge in [-0.15, -0.1) is 0 Å². The number of benzene rings is 1. The second-order valence-electron chi connectivity index (χ2n) is 8.36. The van der Waals surface area contributed by atoms with Crippen LogP contribution in [0.3, 0.4) is 0 Å². The summed E-state index contributed by atoms with van der Waals surface area (Å²) in [6.07, 6.45) is 8.07. The van der Waals surface area contributed by atoms with Crippen molar-refractivity contribution in [2.24, 2.45) is 0 Å². The van der Waals surface area contributed by atoms with E-state index in [1.165, 1.54) is 40.1 Å². The molecule has 0 bridgehead atoms. The standard InChI is InChI=1S/C25H28Cl3FN4O2/c1-3-19(20(26)4-2)22(25(35)31-17-10-6-5-7-11-17)33(18-12-8-9-16(29)13-18)21(34)14-32-15-30-23(27)24(32)28/h3,8-9,12-13,15,17,22H,1,4-7,10-11,14H2,2H3,(H,31,35). The summed E-state index contributed by atoms with van der Waals surface area (Å²) in [4.78, 5) is 32.6. The summed E-state index contributed by atoms with van der Waals surface area (Å²) in [5.74, 6) is -1.50. The minimum atomic E-state index is -1.17. The summed E-state index contributed by atoms with van der Waals surface area (Å²) in [6.45, 7) is 5.40. The molecule has 1 aromatic heterocycles. The molecule has 1 aliphatic carbocycles. The molecule has 2 aromatic rings. The van der Waals surface area contributed by atoms with E-state index in [4.69, 9.17) is 34.8 Å². The Morgan fingerprint density at radius 1 is 1.31 bits per heavy atom. The van der Waals surface area contributed by atoms with E-state index in [9.17, 15) is 14.0 Å². The molecule has 1 saturated carbocycles. The van der Waals surface area contributed by atoms with Crippen LogP contribution in [0.25, 0.3) is 0 Å². The third-order valence-electron chi connectivity index (χ3n) is 5.99. The highest BCUT2D eigenvalue weighted by molar-refractivity contribution is 6.40. The molecule has 10 heteroatoms. The zero-order valence-electron chi connectivity index (χ0n) is 19.4. The van der Waals surface area contributed by atoms with E-state index in [-0.39, 0.29) is 28.6 Å². The highest BCUT2D eigenvalue weighted by Gasteiger charge is 2.36. The minimum Gasteiger partial charge on any atom is -0.351 e. The van der Waals surface area contributed by atoms with E-state index >= 15 is 0 Å². The van der Waals surface area contributed by atoms with Crippen molar-refractivity contribution < 1.29 is 14.0 Å². The van der Waals surface area contributed by atoms with Crippen molar-refractivity contribution in [3.63, 3.8) is 0 Å². The Morgan fingerprint density at radius 3 is 2.60 bits per heavy atom. The molecule has 1 heterocycles. The molecule has 0 radical (unpaired) electrons. The molecule has 2 amide bonds. The maximum absolute atomic E-state index is 14.3. The topological polar surface area (TPSA) is 67.2 Å². The number of nitrogens with zero attached hydrogens (tertiary/aromatic N) is 3. The van der Waals surface area contributed by atoms with E-state index in [1.807, 2.05) is 6.92 Å². The maximum Gasteiger partial charge on any atom is 0.248 e. The van der Waals surface area contributed by atoms with Gasteiger partial charge in [-0.1, -0.05) is 79.7 Å². The fourth-order valence-electron chi connectivity index (χ4n) is 4.24. The first-order valence-electron chi connectivity index (χ1n) is 11.5. The highest BCUT2D eigenvalue weighted by Crippen LogP contribution is 2.29. The fourth-order valence-corrected chi connectivity index (χ4v) is 4.72. The van der Waals surface area contributed by atoms with Gasteiger partial charge in [0.15, 0.2) is 5.15 Å². The van der Waals surface area contributed by atoms with Crippen LogP contribution in [-0.2, 0) is 16.1 Å². The number of carbonyl (C=O) groups excluding carboxylic acids is 2. The van der Waals surface area contributed by atoms with Crippen LogP contribution in [0.2, 0.25) is 10.3 Å². The monoisotopic (exact) mass is 540 g/mol. The van der Waals surface area contributed by atoms with E-state index in [0.29, 0.717) is 17.0 Å². The Balaban J connectivity index is 2.10. The number of halogens is 4. The Bertz CT molecular complexity index is 1110. The van der Waals surface area contributed by atoms with E-state index in [1.54, 1.807) is 6.07 Å². The van der Waals surface area contributed by atoms with Crippen molar-refractivity contribution in [2.75, 3.05) is 4.90 Å². The molecule has 3 rings (SSSR count). The summed E-state index contributed by atoms with van der Waals surface area (Å²) in [5.41, 5.74) is 0.566. The van der Waals surface area contributed by atoms with Gasteiger partial charge in [-0.2, -0.15) is 0 Å². The predicted molar refractivity (Wildman–Crippen MR) is 138 cm³/mol. The molecule has 1 fully saturated rings. The zero-order chi connectivity index (χ0) is 25.5. The van der Waals surface area contributed by atoms with Crippen molar-refractivity contribution in [3.05, 3.63) is 70.0 Å². The molecule has 1 aliphatic rings. The SMILES string of the molecule is C=CC(=C(Cl)CC)C(C(=O)NC1CCCCC1)N(C(=O)Cn1cnc(Cl)c1Cl)c1cccc(F)c1. The van der Waals surface area contributed by atoms with Crippen molar-refractivity contribution in [1.29, 1.82) is 0 Å². The molecular formula is C25H28Cl3FN4O2. The van der Waals surface area contributed by atoms with Crippen LogP contribution >= 0.6 is 34.8 Å². The van der Waals surface area contributed by atoms with Crippen LogP contribution in [0.4, 0.5) is 10.1 Å². The van der Waals surface area contributed by atoms with Crippen LogP contribution in [0.1, 0.15) is 45.4 Å². The first-order chi connectivity index (χ1) is 16.8. The molecule has 188 valence electrons. The number of allylic oxidation sites excluding steroid dienone is 1. The fraction of sp³-hybridized carbons (Fsp3) is 0.400. The van der Waals surface area contributed by atoms with Gasteiger partial charge in [0.2, 0.25) is 11.8 Å². The first kappa shape index (κ1) is 27.2. The number of amides is 2. The van der Waals surface area contributed by atoms with Gasteiger partial charge in [-0.3, -0.25) is 14.5 Å². The molecule has 1 N–H and O–H groups in total. The number of rotatable bonds is 9. The average Bonchev–Trinajstić information content (AvgIpc) is 3.16. The van der Waals surface area contributed by atoms with Crippen LogP contribution in [-0.4, -0.2) is 33.4 Å². The Labute approximate surface area is 219 Å². The largest absolute Gasteiger partial charge is 0.351 e. The number of aromatic nitrogens is 2. The number of carbonyl (C=O) groups is 2. The van der Waals surface area contributed by atoms with Gasteiger partial charge in [-0.05, 0) is 43.0 Å². The molecule has 6 nitrogen and oxygen atoms in total. The summed E-state index contributed by atoms with van der Waals surface area (Å²) < 4.78 is 15.6. The molecule has 0 saturated heterocycles.